The van der Waals surface area contributed by atoms with E-state index in [2.05, 4.69) is 45.1 Å². The number of likely N-dealkylation sites (tertiary alicyclic amines) is 1. The van der Waals surface area contributed by atoms with Crippen molar-refractivity contribution in [3.05, 3.63) is 69.9 Å². The van der Waals surface area contributed by atoms with Crippen LogP contribution in [0.15, 0.2) is 53.0 Å². The summed E-state index contributed by atoms with van der Waals surface area (Å²) in [4.78, 5) is 2.45. The fraction of sp³-hybridized carbons (Fsp3) is 0.429. The molecule has 2 aromatic carbocycles. The van der Waals surface area contributed by atoms with Gasteiger partial charge in [-0.25, -0.2) is 4.39 Å². The van der Waals surface area contributed by atoms with E-state index in [0.29, 0.717) is 4.47 Å². The van der Waals surface area contributed by atoms with Gasteiger partial charge in [-0.05, 0) is 42.2 Å². The van der Waals surface area contributed by atoms with Gasteiger partial charge in [0.25, 0.3) is 0 Å². The standard InChI is InChI=1S/C21H23BrFNO/c22-19-9-18(10-20(23)11-19)21(25)16-7-4-8-17(21)14-24(13-16)12-15-5-2-1-3-6-15/h1-3,5-6,9-11,16-17,25H,4,7-8,12-14H2. The van der Waals surface area contributed by atoms with Crippen LogP contribution in [0.4, 0.5) is 4.39 Å². The van der Waals surface area contributed by atoms with Crippen molar-refractivity contribution in [3.63, 3.8) is 0 Å². The summed E-state index contributed by atoms with van der Waals surface area (Å²) < 4.78 is 14.6. The zero-order chi connectivity index (χ0) is 17.4. The molecule has 2 unspecified atom stereocenters. The van der Waals surface area contributed by atoms with Gasteiger partial charge in [-0.15, -0.1) is 0 Å². The molecular formula is C21H23BrFNO. The Morgan fingerprint density at radius 2 is 1.76 bits per heavy atom. The lowest BCUT2D eigenvalue weighted by Crippen LogP contribution is -2.57. The van der Waals surface area contributed by atoms with E-state index in [1.807, 2.05) is 12.1 Å². The van der Waals surface area contributed by atoms with Crippen molar-refractivity contribution in [2.24, 2.45) is 11.8 Å². The third kappa shape index (κ3) is 3.27. The lowest BCUT2D eigenvalue weighted by molar-refractivity contribution is -0.148. The van der Waals surface area contributed by atoms with E-state index in [-0.39, 0.29) is 17.7 Å². The quantitative estimate of drug-likeness (QED) is 0.801. The van der Waals surface area contributed by atoms with Crippen LogP contribution >= 0.6 is 15.9 Å². The Morgan fingerprint density at radius 3 is 2.40 bits per heavy atom. The number of fused-ring (bicyclic) bond motifs is 2. The zero-order valence-corrected chi connectivity index (χ0v) is 15.8. The molecule has 2 aromatic rings. The van der Waals surface area contributed by atoms with E-state index < -0.39 is 5.60 Å². The van der Waals surface area contributed by atoms with Gasteiger partial charge < -0.3 is 5.11 Å². The molecule has 1 aliphatic carbocycles. The molecule has 1 aliphatic heterocycles. The second kappa shape index (κ2) is 6.82. The summed E-state index contributed by atoms with van der Waals surface area (Å²) in [6, 6.07) is 15.3. The minimum atomic E-state index is -0.921. The van der Waals surface area contributed by atoms with Crippen molar-refractivity contribution < 1.29 is 9.50 Å². The van der Waals surface area contributed by atoms with Gasteiger partial charge in [-0.1, -0.05) is 52.7 Å². The average Bonchev–Trinajstić information content (AvgIpc) is 2.56. The van der Waals surface area contributed by atoms with Crippen LogP contribution in [0.25, 0.3) is 0 Å². The normalized spacial score (nSPS) is 29.6. The molecule has 2 aliphatic rings. The highest BCUT2D eigenvalue weighted by Crippen LogP contribution is 2.49. The minimum absolute atomic E-state index is 0.150. The highest BCUT2D eigenvalue weighted by atomic mass is 79.9. The predicted octanol–water partition coefficient (Wildman–Crippen LogP) is 4.71. The number of benzene rings is 2. The van der Waals surface area contributed by atoms with Gasteiger partial charge in [-0.2, -0.15) is 0 Å². The van der Waals surface area contributed by atoms with Crippen molar-refractivity contribution in [3.8, 4) is 0 Å². The Kier molecular flexibility index (Phi) is 4.69. The molecule has 1 N–H and O–H groups in total. The summed E-state index contributed by atoms with van der Waals surface area (Å²) >= 11 is 3.38. The Morgan fingerprint density at radius 1 is 1.08 bits per heavy atom. The van der Waals surface area contributed by atoms with Gasteiger partial charge in [0.15, 0.2) is 0 Å². The topological polar surface area (TPSA) is 23.5 Å². The zero-order valence-electron chi connectivity index (χ0n) is 14.2. The van der Waals surface area contributed by atoms with Crippen molar-refractivity contribution in [2.75, 3.05) is 13.1 Å². The largest absolute Gasteiger partial charge is 0.384 e. The van der Waals surface area contributed by atoms with Crippen LogP contribution in [0.1, 0.15) is 30.4 Å². The van der Waals surface area contributed by atoms with Crippen LogP contribution < -0.4 is 0 Å². The predicted molar refractivity (Wildman–Crippen MR) is 101 cm³/mol. The van der Waals surface area contributed by atoms with E-state index in [9.17, 15) is 9.50 Å². The van der Waals surface area contributed by atoms with Gasteiger partial charge in [0, 0.05) is 35.9 Å². The second-order valence-corrected chi connectivity index (χ2v) is 8.40. The van der Waals surface area contributed by atoms with Crippen LogP contribution in [-0.4, -0.2) is 23.1 Å². The highest BCUT2D eigenvalue weighted by molar-refractivity contribution is 9.10. The number of nitrogens with zero attached hydrogens (tertiary/aromatic N) is 1. The number of halogens is 2. The summed E-state index contributed by atoms with van der Waals surface area (Å²) in [5.41, 5.74) is 1.11. The number of hydrogen-bond donors (Lipinski definition) is 1. The van der Waals surface area contributed by atoms with Crippen molar-refractivity contribution >= 4 is 15.9 Å². The van der Waals surface area contributed by atoms with Crippen LogP contribution in [0.2, 0.25) is 0 Å². The molecule has 0 radical (unpaired) electrons. The van der Waals surface area contributed by atoms with Crippen LogP contribution in [0, 0.1) is 17.7 Å². The van der Waals surface area contributed by atoms with Crippen molar-refractivity contribution in [1.82, 2.24) is 4.90 Å². The third-order valence-electron chi connectivity index (χ3n) is 5.88. The van der Waals surface area contributed by atoms with E-state index in [4.69, 9.17) is 0 Å². The molecule has 0 aromatic heterocycles. The molecule has 132 valence electrons. The number of aliphatic hydroxyl groups is 1. The fourth-order valence-electron chi connectivity index (χ4n) is 4.77. The van der Waals surface area contributed by atoms with Crippen molar-refractivity contribution in [1.29, 1.82) is 0 Å². The van der Waals surface area contributed by atoms with E-state index >= 15 is 0 Å². The lowest BCUT2D eigenvalue weighted by Gasteiger charge is -2.53. The molecule has 1 saturated carbocycles. The maximum Gasteiger partial charge on any atom is 0.124 e. The van der Waals surface area contributed by atoms with Gasteiger partial charge in [0.2, 0.25) is 0 Å². The van der Waals surface area contributed by atoms with Gasteiger partial charge in [0.1, 0.15) is 5.82 Å². The van der Waals surface area contributed by atoms with Gasteiger partial charge in [0.05, 0.1) is 5.60 Å². The summed E-state index contributed by atoms with van der Waals surface area (Å²) in [7, 11) is 0. The monoisotopic (exact) mass is 403 g/mol. The first-order valence-electron chi connectivity index (χ1n) is 9.01. The smallest absolute Gasteiger partial charge is 0.124 e. The highest BCUT2D eigenvalue weighted by Gasteiger charge is 2.51. The summed E-state index contributed by atoms with van der Waals surface area (Å²) in [5.74, 6) is 0.0115. The fourth-order valence-corrected chi connectivity index (χ4v) is 5.24. The molecule has 1 heterocycles. The second-order valence-electron chi connectivity index (χ2n) is 7.49. The number of hydrogen-bond acceptors (Lipinski definition) is 2. The number of rotatable bonds is 3. The molecule has 2 nitrogen and oxygen atoms in total. The average molecular weight is 404 g/mol. The summed E-state index contributed by atoms with van der Waals surface area (Å²) in [5, 5.41) is 11.6. The molecule has 2 bridgehead atoms. The van der Waals surface area contributed by atoms with Gasteiger partial charge in [-0.3, -0.25) is 4.90 Å². The molecule has 0 amide bonds. The summed E-state index contributed by atoms with van der Waals surface area (Å²) in [6.07, 6.45) is 3.13. The maximum atomic E-state index is 13.9. The molecule has 0 spiro atoms. The molecule has 2 atom stereocenters. The first-order valence-corrected chi connectivity index (χ1v) is 9.80. The van der Waals surface area contributed by atoms with E-state index in [1.54, 1.807) is 0 Å². The Labute approximate surface area is 156 Å². The molecule has 4 rings (SSSR count). The van der Waals surface area contributed by atoms with E-state index in [0.717, 1.165) is 44.5 Å². The SMILES string of the molecule is OC1(c2cc(F)cc(Br)c2)C2CCCC1CN(Cc1ccccc1)C2. The van der Waals surface area contributed by atoms with Crippen LogP contribution in [-0.2, 0) is 12.1 Å². The first-order chi connectivity index (χ1) is 12.1. The summed E-state index contributed by atoms with van der Waals surface area (Å²) in [6.45, 7) is 2.63. The molecule has 2 fully saturated rings. The molecular weight excluding hydrogens is 381 g/mol. The molecule has 1 saturated heterocycles. The Hall–Kier alpha value is -1.23. The number of piperidine rings is 1. The van der Waals surface area contributed by atoms with Crippen molar-refractivity contribution in [2.45, 2.75) is 31.4 Å². The Balaban J connectivity index is 1.61. The minimum Gasteiger partial charge on any atom is -0.384 e. The maximum absolute atomic E-state index is 13.9. The lowest BCUT2D eigenvalue weighted by atomic mass is 9.62. The Bertz CT molecular complexity index is 717. The molecule has 25 heavy (non-hydrogen) atoms. The molecule has 4 heteroatoms. The van der Waals surface area contributed by atoms with E-state index in [1.165, 1.54) is 17.7 Å². The third-order valence-corrected chi connectivity index (χ3v) is 6.34. The van der Waals surface area contributed by atoms with Crippen LogP contribution in [0.3, 0.4) is 0 Å². The van der Waals surface area contributed by atoms with Gasteiger partial charge >= 0.3 is 0 Å². The van der Waals surface area contributed by atoms with Crippen LogP contribution in [0.5, 0.6) is 0 Å². The first kappa shape index (κ1) is 17.2.